The number of methoxy groups -OCH3 is 2. The van der Waals surface area contributed by atoms with E-state index < -0.39 is 16.0 Å². The lowest BCUT2D eigenvalue weighted by molar-refractivity contribution is -0.140. The van der Waals surface area contributed by atoms with Gasteiger partial charge in [0.1, 0.15) is 0 Å². The van der Waals surface area contributed by atoms with Crippen LogP contribution in [0.4, 0.5) is 0 Å². The van der Waals surface area contributed by atoms with Crippen molar-refractivity contribution in [2.24, 2.45) is 0 Å². The summed E-state index contributed by atoms with van der Waals surface area (Å²) in [5.41, 5.74) is 0. The highest BCUT2D eigenvalue weighted by Crippen LogP contribution is 2.04. The Morgan fingerprint density at radius 3 is 2.37 bits per heavy atom. The van der Waals surface area contributed by atoms with E-state index >= 15 is 0 Å². The van der Waals surface area contributed by atoms with Crippen molar-refractivity contribution in [3.63, 3.8) is 0 Å². The molecule has 0 atom stereocenters. The van der Waals surface area contributed by atoms with Crippen LogP contribution in [0.25, 0.3) is 0 Å². The lowest BCUT2D eigenvalue weighted by Gasteiger charge is -2.21. The summed E-state index contributed by atoms with van der Waals surface area (Å²) in [4.78, 5) is 11.1. The lowest BCUT2D eigenvalue weighted by Crippen LogP contribution is -2.38. The van der Waals surface area contributed by atoms with E-state index in [4.69, 9.17) is 9.47 Å². The average Bonchev–Trinajstić information content (AvgIpc) is 2.38. The van der Waals surface area contributed by atoms with Crippen molar-refractivity contribution in [1.29, 1.82) is 0 Å². The van der Waals surface area contributed by atoms with Gasteiger partial charge in [-0.15, -0.1) is 0 Å². The Kier molecular flexibility index (Phi) is 9.76. The molecule has 0 bridgehead atoms. The number of rotatable bonds is 11. The molecule has 7 nitrogen and oxygen atoms in total. The highest BCUT2D eigenvalue weighted by molar-refractivity contribution is 7.89. The van der Waals surface area contributed by atoms with Crippen LogP contribution in [0.5, 0.6) is 0 Å². The van der Waals surface area contributed by atoms with Crippen LogP contribution in [0.15, 0.2) is 0 Å². The van der Waals surface area contributed by atoms with Crippen molar-refractivity contribution in [2.45, 2.75) is 13.3 Å². The number of hydrogen-bond acceptors (Lipinski definition) is 6. The van der Waals surface area contributed by atoms with Gasteiger partial charge in [0.15, 0.2) is 0 Å². The van der Waals surface area contributed by atoms with Gasteiger partial charge in [-0.1, -0.05) is 0 Å². The molecule has 0 fully saturated rings. The smallest absolute Gasteiger partial charge is 0.306 e. The van der Waals surface area contributed by atoms with Crippen molar-refractivity contribution >= 4 is 16.0 Å². The van der Waals surface area contributed by atoms with Crippen LogP contribution < -0.4 is 0 Å². The van der Waals surface area contributed by atoms with Crippen LogP contribution in [-0.2, 0) is 29.0 Å². The molecule has 0 aliphatic heterocycles. The maximum Gasteiger partial charge on any atom is 0.306 e. The van der Waals surface area contributed by atoms with Gasteiger partial charge in [-0.05, 0) is 6.92 Å². The standard InChI is InChI=1S/C11H23NO6S/c1-4-18-9-10-19(14,15)12(7-8-16-2)6-5-11(13)17-3/h4-10H2,1-3H3. The zero-order valence-corrected chi connectivity index (χ0v) is 12.6. The Hall–Kier alpha value is -0.700. The first-order chi connectivity index (χ1) is 8.97. The predicted octanol–water partition coefficient (Wildman–Crippen LogP) is -0.136. The number of nitrogens with zero attached hydrogens (tertiary/aromatic N) is 1. The number of esters is 1. The monoisotopic (exact) mass is 297 g/mol. The maximum absolute atomic E-state index is 12.1. The van der Waals surface area contributed by atoms with E-state index in [0.29, 0.717) is 6.61 Å². The number of ether oxygens (including phenoxy) is 3. The van der Waals surface area contributed by atoms with Crippen molar-refractivity contribution in [2.75, 3.05) is 52.9 Å². The fraction of sp³-hybridized carbons (Fsp3) is 0.909. The van der Waals surface area contributed by atoms with Gasteiger partial charge in [-0.25, -0.2) is 8.42 Å². The summed E-state index contributed by atoms with van der Waals surface area (Å²) in [7, 11) is -0.690. The Morgan fingerprint density at radius 1 is 1.16 bits per heavy atom. The normalized spacial score (nSPS) is 11.8. The van der Waals surface area contributed by atoms with E-state index in [2.05, 4.69) is 4.74 Å². The van der Waals surface area contributed by atoms with Gasteiger partial charge < -0.3 is 14.2 Å². The molecule has 0 aromatic heterocycles. The fourth-order valence-electron chi connectivity index (χ4n) is 1.34. The van der Waals surface area contributed by atoms with Crippen LogP contribution in [0.3, 0.4) is 0 Å². The first kappa shape index (κ1) is 18.3. The molecule has 0 saturated carbocycles. The topological polar surface area (TPSA) is 82.1 Å². The quantitative estimate of drug-likeness (QED) is 0.390. The largest absolute Gasteiger partial charge is 0.469 e. The minimum atomic E-state index is -3.45. The molecule has 0 N–H and O–H groups in total. The van der Waals surface area contributed by atoms with Gasteiger partial charge in [-0.2, -0.15) is 4.31 Å². The second-order valence-electron chi connectivity index (χ2n) is 3.73. The maximum atomic E-state index is 12.1. The summed E-state index contributed by atoms with van der Waals surface area (Å²) in [6, 6.07) is 0. The SMILES string of the molecule is CCOCCS(=O)(=O)N(CCOC)CCC(=O)OC. The zero-order valence-electron chi connectivity index (χ0n) is 11.8. The molecule has 0 radical (unpaired) electrons. The molecule has 0 spiro atoms. The first-order valence-corrected chi connectivity index (χ1v) is 7.70. The molecule has 114 valence electrons. The third-order valence-corrected chi connectivity index (χ3v) is 4.26. The van der Waals surface area contributed by atoms with E-state index in [-0.39, 0.29) is 38.5 Å². The molecule has 0 aliphatic rings. The fourth-order valence-corrected chi connectivity index (χ4v) is 2.65. The summed E-state index contributed by atoms with van der Waals surface area (Å²) < 4.78 is 39.7. The van der Waals surface area contributed by atoms with E-state index in [9.17, 15) is 13.2 Å². The molecular formula is C11H23NO6S. The molecule has 8 heteroatoms. The van der Waals surface area contributed by atoms with Crippen LogP contribution in [0.2, 0.25) is 0 Å². The molecule has 0 saturated heterocycles. The number of carbonyl (C=O) groups excluding carboxylic acids is 1. The van der Waals surface area contributed by atoms with Crippen LogP contribution in [-0.4, -0.2) is 71.6 Å². The minimum absolute atomic E-state index is 0.0219. The summed E-state index contributed by atoms with van der Waals surface area (Å²) in [6.45, 7) is 2.98. The molecule has 0 amide bonds. The number of sulfonamides is 1. The third-order valence-electron chi connectivity index (χ3n) is 2.42. The average molecular weight is 297 g/mol. The number of hydrogen-bond donors (Lipinski definition) is 0. The van der Waals surface area contributed by atoms with E-state index in [1.807, 2.05) is 0 Å². The lowest BCUT2D eigenvalue weighted by atomic mass is 10.4. The predicted molar refractivity (Wildman–Crippen MR) is 70.4 cm³/mol. The summed E-state index contributed by atoms with van der Waals surface area (Å²) in [5, 5.41) is 0. The molecule has 0 unspecified atom stereocenters. The van der Waals surface area contributed by atoms with Gasteiger partial charge in [0.2, 0.25) is 10.0 Å². The van der Waals surface area contributed by atoms with Gasteiger partial charge in [0.05, 0.1) is 32.5 Å². The van der Waals surface area contributed by atoms with Crippen molar-refractivity contribution in [1.82, 2.24) is 4.31 Å². The van der Waals surface area contributed by atoms with Gasteiger partial charge >= 0.3 is 5.97 Å². The molecular weight excluding hydrogens is 274 g/mol. The zero-order chi connectivity index (χ0) is 14.7. The van der Waals surface area contributed by atoms with E-state index in [0.717, 1.165) is 0 Å². The van der Waals surface area contributed by atoms with Crippen LogP contribution >= 0.6 is 0 Å². The Bertz CT molecular complexity index is 343. The molecule has 0 aliphatic carbocycles. The summed E-state index contributed by atoms with van der Waals surface area (Å²) in [6.07, 6.45) is 0.0219. The summed E-state index contributed by atoms with van der Waals surface area (Å²) in [5.74, 6) is -0.548. The van der Waals surface area contributed by atoms with Crippen molar-refractivity contribution in [3.8, 4) is 0 Å². The van der Waals surface area contributed by atoms with Crippen LogP contribution in [0.1, 0.15) is 13.3 Å². The van der Waals surface area contributed by atoms with E-state index in [1.165, 1.54) is 18.5 Å². The third kappa shape index (κ3) is 8.14. The minimum Gasteiger partial charge on any atom is -0.469 e. The summed E-state index contributed by atoms with van der Waals surface area (Å²) >= 11 is 0. The van der Waals surface area contributed by atoms with Crippen molar-refractivity contribution in [3.05, 3.63) is 0 Å². The number of carbonyl (C=O) groups is 1. The molecule has 0 aromatic carbocycles. The molecule has 0 rings (SSSR count). The second-order valence-corrected chi connectivity index (χ2v) is 5.82. The van der Waals surface area contributed by atoms with Gasteiger partial charge in [0.25, 0.3) is 0 Å². The molecule has 0 heterocycles. The van der Waals surface area contributed by atoms with Crippen molar-refractivity contribution < 1.29 is 27.4 Å². The Labute approximate surface area is 114 Å². The Balaban J connectivity index is 4.48. The molecule has 0 aromatic rings. The highest BCUT2D eigenvalue weighted by Gasteiger charge is 2.22. The highest BCUT2D eigenvalue weighted by atomic mass is 32.2. The van der Waals surface area contributed by atoms with Gasteiger partial charge in [-0.3, -0.25) is 4.79 Å². The van der Waals surface area contributed by atoms with Gasteiger partial charge in [0, 0.05) is 26.8 Å². The second kappa shape index (κ2) is 10.1. The van der Waals surface area contributed by atoms with Crippen LogP contribution in [0, 0.1) is 0 Å². The van der Waals surface area contributed by atoms with E-state index in [1.54, 1.807) is 6.92 Å². The molecule has 19 heavy (non-hydrogen) atoms. The Morgan fingerprint density at radius 2 is 1.84 bits per heavy atom. The first-order valence-electron chi connectivity index (χ1n) is 6.09.